The molecule has 0 amide bonds. The van der Waals surface area contributed by atoms with E-state index in [9.17, 15) is 13.2 Å². The fourth-order valence-electron chi connectivity index (χ4n) is 5.72. The van der Waals surface area contributed by atoms with Crippen molar-refractivity contribution in [2.75, 3.05) is 77.5 Å². The summed E-state index contributed by atoms with van der Waals surface area (Å²) in [4.78, 5) is 20.0. The molecule has 5 rings (SSSR count). The summed E-state index contributed by atoms with van der Waals surface area (Å²) in [6.45, 7) is 8.35. The lowest BCUT2D eigenvalue weighted by atomic mass is 10.0. The molecule has 2 aliphatic heterocycles. The molecule has 2 atom stereocenters. The first kappa shape index (κ1) is 32.2. The van der Waals surface area contributed by atoms with Gasteiger partial charge in [0.15, 0.2) is 0 Å². The van der Waals surface area contributed by atoms with Crippen molar-refractivity contribution in [3.05, 3.63) is 47.5 Å². The average Bonchev–Trinajstić information content (AvgIpc) is 3.34. The van der Waals surface area contributed by atoms with Crippen LogP contribution in [0.15, 0.2) is 36.9 Å². The van der Waals surface area contributed by atoms with Crippen molar-refractivity contribution in [2.45, 2.75) is 31.1 Å². The van der Waals surface area contributed by atoms with Gasteiger partial charge in [-0.2, -0.15) is 23.1 Å². The highest BCUT2D eigenvalue weighted by Gasteiger charge is 2.36. The molecule has 0 bridgehead atoms. The summed E-state index contributed by atoms with van der Waals surface area (Å²) in [6.07, 6.45) is -1.04. The van der Waals surface area contributed by atoms with E-state index in [2.05, 4.69) is 31.2 Å². The summed E-state index contributed by atoms with van der Waals surface area (Å²) in [7, 11) is 3.73. The average molecular weight is 636 g/mol. The lowest BCUT2D eigenvalue weighted by molar-refractivity contribution is -0.137. The SMILES string of the molecule is C=CCOCN1CCN(c2nc(OCC3CCC(COC)N3C)nc3cc(-c4nc(N)ccc4C(F)(F)F)c(Cl)cc23)CC1. The number of piperazine rings is 1. The van der Waals surface area contributed by atoms with Gasteiger partial charge in [-0.15, -0.1) is 6.58 Å². The molecule has 1 aromatic carbocycles. The maximum Gasteiger partial charge on any atom is 0.418 e. The van der Waals surface area contributed by atoms with Gasteiger partial charge < -0.3 is 24.8 Å². The van der Waals surface area contributed by atoms with E-state index in [4.69, 9.17) is 36.5 Å². The Bertz CT molecular complexity index is 1470. The maximum absolute atomic E-state index is 14.0. The van der Waals surface area contributed by atoms with E-state index < -0.39 is 11.7 Å². The Balaban J connectivity index is 1.50. The predicted octanol–water partition coefficient (Wildman–Crippen LogP) is 4.72. The largest absolute Gasteiger partial charge is 0.462 e. The number of hydrogen-bond acceptors (Lipinski definition) is 10. The van der Waals surface area contributed by atoms with Crippen molar-refractivity contribution in [3.8, 4) is 17.3 Å². The number of methoxy groups -OCH3 is 1. The topological polar surface area (TPSA) is 102 Å². The minimum atomic E-state index is -4.66. The molecule has 238 valence electrons. The molecule has 0 radical (unpaired) electrons. The number of nitrogens with zero attached hydrogens (tertiary/aromatic N) is 6. The molecule has 2 saturated heterocycles. The standard InChI is InChI=1S/C30H37ClF3N7O3/c1-4-13-43-18-40-9-11-41(12-10-40)28-22-14-24(31)21(27-23(30(32,33)34)7-8-26(35)37-27)15-25(22)36-29(38-28)44-17-20-6-5-19(16-42-3)39(20)2/h4,7-8,14-15,19-20H,1,5-6,9-13,16-18H2,2-3H3,(H2,35,37). The van der Waals surface area contributed by atoms with E-state index >= 15 is 0 Å². The van der Waals surface area contributed by atoms with Crippen LogP contribution in [0.5, 0.6) is 6.01 Å². The van der Waals surface area contributed by atoms with E-state index in [-0.39, 0.29) is 34.2 Å². The van der Waals surface area contributed by atoms with Gasteiger partial charge >= 0.3 is 12.2 Å². The molecule has 2 aliphatic rings. The number of pyridine rings is 1. The van der Waals surface area contributed by atoms with E-state index in [1.807, 2.05) is 7.05 Å². The van der Waals surface area contributed by atoms with Gasteiger partial charge in [-0.05, 0) is 44.2 Å². The van der Waals surface area contributed by atoms with Crippen LogP contribution in [-0.4, -0.2) is 104 Å². The highest BCUT2D eigenvalue weighted by Crippen LogP contribution is 2.41. The summed E-state index contributed by atoms with van der Waals surface area (Å²) in [6, 6.07) is 5.70. The van der Waals surface area contributed by atoms with E-state index in [0.29, 0.717) is 62.4 Å². The van der Waals surface area contributed by atoms with Crippen molar-refractivity contribution in [2.24, 2.45) is 0 Å². The van der Waals surface area contributed by atoms with Crippen LogP contribution in [-0.2, 0) is 15.7 Å². The molecule has 0 aliphatic carbocycles. The highest BCUT2D eigenvalue weighted by atomic mass is 35.5. The summed E-state index contributed by atoms with van der Waals surface area (Å²) in [5.41, 5.74) is 4.95. The van der Waals surface area contributed by atoms with Gasteiger partial charge in [0.2, 0.25) is 0 Å². The number of likely N-dealkylation sites (N-methyl/N-ethyl adjacent to an activating group) is 1. The summed E-state index contributed by atoms with van der Waals surface area (Å²) in [5.74, 6) is 0.540. The zero-order chi connectivity index (χ0) is 31.4. The smallest absolute Gasteiger partial charge is 0.418 e. The molecule has 2 aromatic heterocycles. The minimum absolute atomic E-state index is 0.0565. The Labute approximate surface area is 259 Å². The van der Waals surface area contributed by atoms with Crippen molar-refractivity contribution in [3.63, 3.8) is 0 Å². The zero-order valence-corrected chi connectivity index (χ0v) is 25.6. The highest BCUT2D eigenvalue weighted by molar-refractivity contribution is 6.34. The third-order valence-electron chi connectivity index (χ3n) is 8.15. The number of ether oxygens (including phenoxy) is 3. The van der Waals surface area contributed by atoms with Gasteiger partial charge in [0, 0.05) is 56.3 Å². The van der Waals surface area contributed by atoms with Crippen LogP contribution in [0.3, 0.4) is 0 Å². The Kier molecular flexibility index (Phi) is 10.1. The van der Waals surface area contributed by atoms with Gasteiger partial charge in [0.1, 0.15) is 18.2 Å². The van der Waals surface area contributed by atoms with Crippen LogP contribution in [0, 0.1) is 0 Å². The molecule has 2 N–H and O–H groups in total. The fraction of sp³-hybridized carbons (Fsp3) is 0.500. The molecular weight excluding hydrogens is 599 g/mol. The number of alkyl halides is 3. The lowest BCUT2D eigenvalue weighted by Gasteiger charge is -2.35. The molecule has 44 heavy (non-hydrogen) atoms. The summed E-state index contributed by atoms with van der Waals surface area (Å²) in [5, 5.41) is 0.672. The minimum Gasteiger partial charge on any atom is -0.462 e. The van der Waals surface area contributed by atoms with Crippen molar-refractivity contribution in [1.82, 2.24) is 24.8 Å². The van der Waals surface area contributed by atoms with Crippen LogP contribution in [0.1, 0.15) is 18.4 Å². The third-order valence-corrected chi connectivity index (χ3v) is 8.46. The number of anilines is 2. The quantitative estimate of drug-likeness (QED) is 0.235. The molecule has 10 nitrogen and oxygen atoms in total. The second-order valence-electron chi connectivity index (χ2n) is 11.0. The second kappa shape index (κ2) is 13.8. The number of rotatable bonds is 11. The number of nitrogen functional groups attached to an aromatic ring is 1. The molecule has 14 heteroatoms. The molecule has 0 saturated carbocycles. The number of nitrogens with two attached hydrogens (primary N) is 1. The molecule has 4 heterocycles. The molecule has 3 aromatic rings. The summed E-state index contributed by atoms with van der Waals surface area (Å²) >= 11 is 6.66. The van der Waals surface area contributed by atoms with E-state index in [1.165, 1.54) is 6.07 Å². The number of likely N-dealkylation sites (tertiary alicyclic amines) is 1. The first-order chi connectivity index (χ1) is 21.1. The van der Waals surface area contributed by atoms with Crippen molar-refractivity contribution < 1.29 is 27.4 Å². The van der Waals surface area contributed by atoms with Gasteiger partial charge in [-0.1, -0.05) is 17.7 Å². The van der Waals surface area contributed by atoms with Crippen LogP contribution in [0.25, 0.3) is 22.2 Å². The molecular formula is C30H37ClF3N7O3. The molecule has 0 spiro atoms. The van der Waals surface area contributed by atoms with Gasteiger partial charge in [0.25, 0.3) is 0 Å². The second-order valence-corrected chi connectivity index (χ2v) is 11.4. The number of aromatic nitrogens is 3. The van der Waals surface area contributed by atoms with Gasteiger partial charge in [-0.25, -0.2) is 4.98 Å². The van der Waals surface area contributed by atoms with Crippen LogP contribution < -0.4 is 15.4 Å². The number of fused-ring (bicyclic) bond motifs is 1. The van der Waals surface area contributed by atoms with E-state index in [0.717, 1.165) is 38.1 Å². The lowest BCUT2D eigenvalue weighted by Crippen LogP contribution is -2.47. The Morgan fingerprint density at radius 1 is 1.07 bits per heavy atom. The Morgan fingerprint density at radius 3 is 2.48 bits per heavy atom. The third kappa shape index (κ3) is 7.18. The fourth-order valence-corrected chi connectivity index (χ4v) is 5.97. The Hall–Kier alpha value is -3.23. The molecule has 2 fully saturated rings. The zero-order valence-electron chi connectivity index (χ0n) is 24.8. The van der Waals surface area contributed by atoms with Crippen molar-refractivity contribution >= 4 is 34.1 Å². The summed E-state index contributed by atoms with van der Waals surface area (Å²) < 4.78 is 59.0. The van der Waals surface area contributed by atoms with Crippen LogP contribution >= 0.6 is 11.6 Å². The molecule has 2 unspecified atom stereocenters. The van der Waals surface area contributed by atoms with Crippen LogP contribution in [0.4, 0.5) is 24.8 Å². The number of hydrogen-bond donors (Lipinski definition) is 1. The normalized spacial score (nSPS) is 20.0. The Morgan fingerprint density at radius 2 is 1.80 bits per heavy atom. The first-order valence-corrected chi connectivity index (χ1v) is 14.8. The van der Waals surface area contributed by atoms with Crippen molar-refractivity contribution in [1.29, 1.82) is 0 Å². The predicted molar refractivity (Wildman–Crippen MR) is 164 cm³/mol. The first-order valence-electron chi connectivity index (χ1n) is 14.4. The van der Waals surface area contributed by atoms with E-state index in [1.54, 1.807) is 19.3 Å². The number of halogens is 4. The van der Waals surface area contributed by atoms with Gasteiger partial charge in [-0.3, -0.25) is 9.80 Å². The number of benzene rings is 1. The van der Waals surface area contributed by atoms with Crippen LogP contribution in [0.2, 0.25) is 5.02 Å². The maximum atomic E-state index is 14.0. The van der Waals surface area contributed by atoms with Gasteiger partial charge in [0.05, 0.1) is 41.7 Å². The monoisotopic (exact) mass is 635 g/mol.